The first-order chi connectivity index (χ1) is 8.99. The summed E-state index contributed by atoms with van der Waals surface area (Å²) < 4.78 is 1.78. The lowest BCUT2D eigenvalue weighted by Crippen LogP contribution is -2.07. The maximum absolute atomic E-state index is 10.6. The van der Waals surface area contributed by atoms with E-state index in [1.54, 1.807) is 4.68 Å². The zero-order chi connectivity index (χ0) is 14.0. The van der Waals surface area contributed by atoms with E-state index in [9.17, 15) is 4.79 Å². The minimum absolute atomic E-state index is 0.0925. The third kappa shape index (κ3) is 2.84. The molecule has 100 valence electrons. The number of aromatic nitrogens is 2. The molecule has 0 amide bonds. The predicted octanol–water partition coefficient (Wildman–Crippen LogP) is 2.95. The van der Waals surface area contributed by atoms with Gasteiger partial charge in [0.05, 0.1) is 18.7 Å². The van der Waals surface area contributed by atoms with Crippen molar-refractivity contribution in [3.05, 3.63) is 41.2 Å². The molecule has 0 aliphatic carbocycles. The van der Waals surface area contributed by atoms with Gasteiger partial charge in [0.1, 0.15) is 0 Å². The summed E-state index contributed by atoms with van der Waals surface area (Å²) >= 11 is 0. The highest BCUT2D eigenvalue weighted by molar-refractivity contribution is 5.69. The Balaban J connectivity index is 2.39. The van der Waals surface area contributed by atoms with Crippen LogP contribution in [0.25, 0.3) is 11.1 Å². The van der Waals surface area contributed by atoms with Gasteiger partial charge in [-0.05, 0) is 26.3 Å². The van der Waals surface area contributed by atoms with Crippen molar-refractivity contribution in [3.63, 3.8) is 0 Å². The van der Waals surface area contributed by atoms with Crippen molar-refractivity contribution in [3.8, 4) is 11.1 Å². The molecular formula is C15H18N2O2. The highest BCUT2D eigenvalue weighted by atomic mass is 16.4. The molecule has 1 N–H and O–H groups in total. The van der Waals surface area contributed by atoms with Crippen molar-refractivity contribution >= 4 is 5.97 Å². The number of benzene rings is 1. The second-order valence-electron chi connectivity index (χ2n) is 4.78. The van der Waals surface area contributed by atoms with Crippen LogP contribution in [0.5, 0.6) is 0 Å². The minimum Gasteiger partial charge on any atom is -0.481 e. The van der Waals surface area contributed by atoms with Crippen molar-refractivity contribution in [1.29, 1.82) is 0 Å². The molecule has 4 heteroatoms. The number of rotatable bonds is 4. The summed E-state index contributed by atoms with van der Waals surface area (Å²) in [5, 5.41) is 13.2. The van der Waals surface area contributed by atoms with Crippen LogP contribution < -0.4 is 0 Å². The van der Waals surface area contributed by atoms with E-state index >= 15 is 0 Å². The maximum atomic E-state index is 10.6. The van der Waals surface area contributed by atoms with E-state index in [1.165, 1.54) is 5.56 Å². The number of aliphatic carboxylic acids is 1. The van der Waals surface area contributed by atoms with Crippen LogP contribution in [0.15, 0.2) is 24.3 Å². The fourth-order valence-corrected chi connectivity index (χ4v) is 2.33. The molecule has 1 aromatic heterocycles. The van der Waals surface area contributed by atoms with Crippen molar-refractivity contribution in [1.82, 2.24) is 9.78 Å². The van der Waals surface area contributed by atoms with Gasteiger partial charge in [0.2, 0.25) is 0 Å². The molecule has 0 unspecified atom stereocenters. The van der Waals surface area contributed by atoms with Crippen LogP contribution in [0.1, 0.15) is 23.4 Å². The van der Waals surface area contributed by atoms with E-state index in [-0.39, 0.29) is 6.42 Å². The Hall–Kier alpha value is -2.10. The highest BCUT2D eigenvalue weighted by Gasteiger charge is 2.13. The van der Waals surface area contributed by atoms with Gasteiger partial charge in [0, 0.05) is 11.3 Å². The second-order valence-corrected chi connectivity index (χ2v) is 4.78. The normalized spacial score (nSPS) is 10.7. The van der Waals surface area contributed by atoms with Crippen LogP contribution in [0.3, 0.4) is 0 Å². The van der Waals surface area contributed by atoms with E-state index in [4.69, 9.17) is 5.11 Å². The van der Waals surface area contributed by atoms with E-state index in [0.29, 0.717) is 6.54 Å². The summed E-state index contributed by atoms with van der Waals surface area (Å²) in [7, 11) is 0. The van der Waals surface area contributed by atoms with Crippen LogP contribution in [0, 0.1) is 20.8 Å². The molecule has 0 saturated carbocycles. The van der Waals surface area contributed by atoms with E-state index in [0.717, 1.165) is 22.5 Å². The van der Waals surface area contributed by atoms with E-state index < -0.39 is 5.97 Å². The molecule has 0 spiro atoms. The third-order valence-electron chi connectivity index (χ3n) is 3.23. The maximum Gasteiger partial charge on any atom is 0.305 e. The predicted molar refractivity (Wildman–Crippen MR) is 74.1 cm³/mol. The summed E-state index contributed by atoms with van der Waals surface area (Å²) in [5.41, 5.74) is 5.40. The molecule has 0 aliphatic heterocycles. The molecule has 19 heavy (non-hydrogen) atoms. The first-order valence-corrected chi connectivity index (χ1v) is 6.32. The number of aryl methyl sites for hydroxylation is 3. The number of carbonyl (C=O) groups is 1. The first kappa shape index (κ1) is 13.3. The molecule has 1 aromatic carbocycles. The average molecular weight is 258 g/mol. The highest BCUT2D eigenvalue weighted by Crippen LogP contribution is 2.27. The smallest absolute Gasteiger partial charge is 0.305 e. The van der Waals surface area contributed by atoms with Gasteiger partial charge in [-0.1, -0.05) is 29.8 Å². The topological polar surface area (TPSA) is 55.1 Å². The van der Waals surface area contributed by atoms with Gasteiger partial charge in [0.15, 0.2) is 0 Å². The van der Waals surface area contributed by atoms with Gasteiger partial charge in [0.25, 0.3) is 0 Å². The lowest BCUT2D eigenvalue weighted by atomic mass is 10.0. The van der Waals surface area contributed by atoms with Gasteiger partial charge in [-0.2, -0.15) is 5.10 Å². The monoisotopic (exact) mass is 258 g/mol. The van der Waals surface area contributed by atoms with Crippen LogP contribution in [0.2, 0.25) is 0 Å². The van der Waals surface area contributed by atoms with Crippen molar-refractivity contribution in [2.24, 2.45) is 0 Å². The summed E-state index contributed by atoms with van der Waals surface area (Å²) in [5.74, 6) is -0.801. The molecule has 0 fully saturated rings. The zero-order valence-corrected chi connectivity index (χ0v) is 11.5. The van der Waals surface area contributed by atoms with Gasteiger partial charge in [-0.15, -0.1) is 0 Å². The van der Waals surface area contributed by atoms with Crippen LogP contribution in [0.4, 0.5) is 0 Å². The van der Waals surface area contributed by atoms with Crippen LogP contribution in [-0.2, 0) is 11.3 Å². The largest absolute Gasteiger partial charge is 0.481 e. The summed E-state index contributed by atoms with van der Waals surface area (Å²) in [4.78, 5) is 10.6. The standard InChI is InChI=1S/C15H18N2O2/c1-10-5-4-6-13(9-10)15-11(2)16-17(12(15)3)8-7-14(18)19/h4-6,9H,7-8H2,1-3H3,(H,18,19). The van der Waals surface area contributed by atoms with Crippen molar-refractivity contribution in [2.75, 3.05) is 0 Å². The SMILES string of the molecule is Cc1cccc(-c2c(C)nn(CCC(=O)O)c2C)c1. The summed E-state index contributed by atoms with van der Waals surface area (Å²) in [6, 6.07) is 8.27. The van der Waals surface area contributed by atoms with Crippen molar-refractivity contribution in [2.45, 2.75) is 33.7 Å². The molecule has 4 nitrogen and oxygen atoms in total. The third-order valence-corrected chi connectivity index (χ3v) is 3.23. The Labute approximate surface area is 112 Å². The number of carboxylic acids is 1. The lowest BCUT2D eigenvalue weighted by Gasteiger charge is -2.05. The average Bonchev–Trinajstić information content (AvgIpc) is 2.62. The molecule has 0 atom stereocenters. The Bertz CT molecular complexity index is 615. The molecule has 0 aliphatic rings. The Morgan fingerprint density at radius 1 is 1.32 bits per heavy atom. The Morgan fingerprint density at radius 2 is 2.05 bits per heavy atom. The second kappa shape index (κ2) is 5.26. The van der Waals surface area contributed by atoms with E-state index in [1.807, 2.05) is 19.9 Å². The molecule has 2 aromatic rings. The number of hydrogen-bond donors (Lipinski definition) is 1. The van der Waals surface area contributed by atoms with Crippen molar-refractivity contribution < 1.29 is 9.90 Å². The first-order valence-electron chi connectivity index (χ1n) is 6.32. The Morgan fingerprint density at radius 3 is 2.68 bits per heavy atom. The molecule has 0 saturated heterocycles. The molecule has 0 radical (unpaired) electrons. The zero-order valence-electron chi connectivity index (χ0n) is 11.5. The molecule has 0 bridgehead atoms. The summed E-state index contributed by atoms with van der Waals surface area (Å²) in [6.07, 6.45) is 0.0925. The van der Waals surface area contributed by atoms with Gasteiger partial charge in [-0.3, -0.25) is 9.48 Å². The quantitative estimate of drug-likeness (QED) is 0.917. The van der Waals surface area contributed by atoms with Crippen LogP contribution in [-0.4, -0.2) is 20.9 Å². The van der Waals surface area contributed by atoms with E-state index in [2.05, 4.69) is 30.2 Å². The minimum atomic E-state index is -0.801. The molecule has 2 rings (SSSR count). The molecular weight excluding hydrogens is 240 g/mol. The fourth-order valence-electron chi connectivity index (χ4n) is 2.33. The number of nitrogens with zero attached hydrogens (tertiary/aromatic N) is 2. The summed E-state index contributed by atoms with van der Waals surface area (Å²) in [6.45, 7) is 6.41. The van der Waals surface area contributed by atoms with Gasteiger partial charge in [-0.25, -0.2) is 0 Å². The van der Waals surface area contributed by atoms with Gasteiger partial charge >= 0.3 is 5.97 Å². The van der Waals surface area contributed by atoms with Crippen LogP contribution >= 0.6 is 0 Å². The number of hydrogen-bond acceptors (Lipinski definition) is 2. The Kier molecular flexibility index (Phi) is 3.69. The molecule has 1 heterocycles. The lowest BCUT2D eigenvalue weighted by molar-refractivity contribution is -0.137. The van der Waals surface area contributed by atoms with Gasteiger partial charge < -0.3 is 5.11 Å². The fraction of sp³-hybridized carbons (Fsp3) is 0.333. The number of carboxylic acid groups (broad SMARTS) is 1.